The number of benzene rings is 2. The summed E-state index contributed by atoms with van der Waals surface area (Å²) in [6.07, 6.45) is 0.685. The fourth-order valence-corrected chi connectivity index (χ4v) is 4.69. The predicted molar refractivity (Wildman–Crippen MR) is 130 cm³/mol. The number of sulfonamides is 1. The molecule has 0 saturated carbocycles. The van der Waals surface area contributed by atoms with E-state index in [1.807, 2.05) is 18.9 Å². The molecule has 1 heterocycles. The molecule has 0 radical (unpaired) electrons. The molecule has 1 saturated heterocycles. The normalized spacial score (nSPS) is 15.6. The third-order valence-electron chi connectivity index (χ3n) is 5.68. The molecule has 1 fully saturated rings. The van der Waals surface area contributed by atoms with Crippen LogP contribution in [0.25, 0.3) is 0 Å². The fraction of sp³-hybridized carbons (Fsp3) is 0.417. The van der Waals surface area contributed by atoms with Crippen LogP contribution in [0.5, 0.6) is 5.75 Å². The van der Waals surface area contributed by atoms with Gasteiger partial charge in [-0.05, 0) is 68.9 Å². The lowest BCUT2D eigenvalue weighted by Gasteiger charge is -2.32. The van der Waals surface area contributed by atoms with Crippen LogP contribution in [0.1, 0.15) is 30.6 Å². The van der Waals surface area contributed by atoms with Crippen molar-refractivity contribution in [2.75, 3.05) is 45.2 Å². The number of carbonyl (C=O) groups excluding carboxylic acids is 2. The molecule has 2 aromatic rings. The van der Waals surface area contributed by atoms with Crippen LogP contribution >= 0.6 is 0 Å². The molecule has 0 bridgehead atoms. The van der Waals surface area contributed by atoms with Crippen LogP contribution in [0, 0.1) is 0 Å². The molecule has 2 aromatic carbocycles. The van der Waals surface area contributed by atoms with Crippen molar-refractivity contribution in [1.82, 2.24) is 14.5 Å². The zero-order valence-corrected chi connectivity index (χ0v) is 20.6. The average Bonchev–Trinajstić information content (AvgIpc) is 2.83. The molecular weight excluding hydrogens is 456 g/mol. The summed E-state index contributed by atoms with van der Waals surface area (Å²) in [5, 5.41) is 2.73. The minimum atomic E-state index is -3.59. The molecule has 1 atom stereocenters. The summed E-state index contributed by atoms with van der Waals surface area (Å²) in [6.45, 7) is 6.57. The Morgan fingerprint density at radius 3 is 2.21 bits per heavy atom. The third-order valence-corrected chi connectivity index (χ3v) is 7.28. The zero-order chi connectivity index (χ0) is 24.7. The summed E-state index contributed by atoms with van der Waals surface area (Å²) in [5.41, 5.74) is 1.14. The Bertz CT molecular complexity index is 1080. The number of hydrogen-bond donors (Lipinski definition) is 2. The first-order valence-corrected chi connectivity index (χ1v) is 12.8. The molecule has 0 spiro atoms. The van der Waals surface area contributed by atoms with Crippen molar-refractivity contribution in [3.63, 3.8) is 0 Å². The van der Waals surface area contributed by atoms with Gasteiger partial charge < -0.3 is 19.9 Å². The number of ether oxygens (including phenoxy) is 1. The highest BCUT2D eigenvalue weighted by Gasteiger charge is 2.20. The second kappa shape index (κ2) is 11.5. The van der Waals surface area contributed by atoms with Gasteiger partial charge in [-0.2, -0.15) is 0 Å². The number of piperazine rings is 1. The minimum absolute atomic E-state index is 0.0147. The van der Waals surface area contributed by atoms with Gasteiger partial charge in [0.15, 0.2) is 6.61 Å². The van der Waals surface area contributed by atoms with Gasteiger partial charge in [0.25, 0.3) is 11.8 Å². The Hall–Kier alpha value is -2.95. The van der Waals surface area contributed by atoms with Crippen LogP contribution in [0.4, 0.5) is 5.69 Å². The Labute approximate surface area is 201 Å². The van der Waals surface area contributed by atoms with Gasteiger partial charge in [0.2, 0.25) is 10.0 Å². The lowest BCUT2D eigenvalue weighted by molar-refractivity contribution is -0.118. The second-order valence-electron chi connectivity index (χ2n) is 8.41. The standard InChI is InChI=1S/C24H32N4O5S/c1-4-18(2)26-34(31,32)22-11-9-21(10-12-22)33-17-23(29)25-20-7-5-19(6-8-20)24(30)28-15-13-27(3)14-16-28/h5-12,18,26H,4,13-17H2,1-3H3,(H,25,29). The largest absolute Gasteiger partial charge is 0.484 e. The number of nitrogens with zero attached hydrogens (tertiary/aromatic N) is 2. The minimum Gasteiger partial charge on any atom is -0.484 e. The van der Waals surface area contributed by atoms with Gasteiger partial charge in [-0.15, -0.1) is 0 Å². The number of amides is 2. The van der Waals surface area contributed by atoms with Crippen LogP contribution < -0.4 is 14.8 Å². The Kier molecular flexibility index (Phi) is 8.65. The number of hydrogen-bond acceptors (Lipinski definition) is 6. The highest BCUT2D eigenvalue weighted by molar-refractivity contribution is 7.89. The van der Waals surface area contributed by atoms with E-state index in [9.17, 15) is 18.0 Å². The smallest absolute Gasteiger partial charge is 0.262 e. The molecule has 10 heteroatoms. The number of rotatable bonds is 9. The molecular formula is C24H32N4O5S. The van der Waals surface area contributed by atoms with Gasteiger partial charge in [-0.25, -0.2) is 13.1 Å². The topological polar surface area (TPSA) is 108 Å². The first kappa shape index (κ1) is 25.7. The molecule has 34 heavy (non-hydrogen) atoms. The number of likely N-dealkylation sites (N-methyl/N-ethyl adjacent to an activating group) is 1. The van der Waals surface area contributed by atoms with Crippen molar-refractivity contribution in [3.8, 4) is 5.75 Å². The molecule has 0 aromatic heterocycles. The third kappa shape index (κ3) is 7.02. The maximum Gasteiger partial charge on any atom is 0.262 e. The molecule has 0 aliphatic carbocycles. The van der Waals surface area contributed by atoms with Crippen LogP contribution in [0.3, 0.4) is 0 Å². The molecule has 1 aliphatic rings. The molecule has 1 aliphatic heterocycles. The summed E-state index contributed by atoms with van der Waals surface area (Å²) >= 11 is 0. The summed E-state index contributed by atoms with van der Waals surface area (Å²) in [4.78, 5) is 29.0. The highest BCUT2D eigenvalue weighted by Crippen LogP contribution is 2.17. The van der Waals surface area contributed by atoms with Crippen LogP contribution in [0.2, 0.25) is 0 Å². The van der Waals surface area contributed by atoms with Gasteiger partial charge in [0.05, 0.1) is 4.90 Å². The molecule has 3 rings (SSSR count). The molecule has 1 unspecified atom stereocenters. The fourth-order valence-electron chi connectivity index (χ4n) is 3.37. The van der Waals surface area contributed by atoms with E-state index in [1.165, 1.54) is 24.3 Å². The lowest BCUT2D eigenvalue weighted by Crippen LogP contribution is -2.47. The van der Waals surface area contributed by atoms with Gasteiger partial charge in [-0.3, -0.25) is 9.59 Å². The molecule has 184 valence electrons. The summed E-state index contributed by atoms with van der Waals surface area (Å²) in [6, 6.07) is 12.5. The number of carbonyl (C=O) groups is 2. The van der Waals surface area contributed by atoms with E-state index in [4.69, 9.17) is 4.74 Å². The lowest BCUT2D eigenvalue weighted by atomic mass is 10.1. The first-order valence-electron chi connectivity index (χ1n) is 11.3. The summed E-state index contributed by atoms with van der Waals surface area (Å²) < 4.78 is 32.7. The van der Waals surface area contributed by atoms with E-state index >= 15 is 0 Å². The first-order chi connectivity index (χ1) is 16.2. The SMILES string of the molecule is CCC(C)NS(=O)(=O)c1ccc(OCC(=O)Nc2ccc(C(=O)N3CCN(C)CC3)cc2)cc1. The van der Waals surface area contributed by atoms with E-state index in [1.54, 1.807) is 31.2 Å². The van der Waals surface area contributed by atoms with Crippen LogP contribution in [-0.4, -0.2) is 75.9 Å². The van der Waals surface area contributed by atoms with Crippen molar-refractivity contribution < 1.29 is 22.7 Å². The van der Waals surface area contributed by atoms with Gasteiger partial charge in [0, 0.05) is 43.5 Å². The summed E-state index contributed by atoms with van der Waals surface area (Å²) in [5.74, 6) is -0.00170. The number of nitrogens with one attached hydrogen (secondary N) is 2. The van der Waals surface area contributed by atoms with Crippen molar-refractivity contribution in [2.24, 2.45) is 0 Å². The second-order valence-corrected chi connectivity index (χ2v) is 10.1. The predicted octanol–water partition coefficient (Wildman–Crippen LogP) is 2.17. The van der Waals surface area contributed by atoms with Crippen molar-refractivity contribution >= 4 is 27.5 Å². The van der Waals surface area contributed by atoms with Crippen molar-refractivity contribution in [2.45, 2.75) is 31.2 Å². The number of anilines is 1. The monoisotopic (exact) mass is 488 g/mol. The maximum absolute atomic E-state index is 12.6. The summed E-state index contributed by atoms with van der Waals surface area (Å²) in [7, 11) is -1.56. The molecule has 9 nitrogen and oxygen atoms in total. The quantitative estimate of drug-likeness (QED) is 0.560. The van der Waals surface area contributed by atoms with Crippen LogP contribution in [0.15, 0.2) is 53.4 Å². The van der Waals surface area contributed by atoms with E-state index in [-0.39, 0.29) is 29.4 Å². The Morgan fingerprint density at radius 1 is 1.00 bits per heavy atom. The van der Waals surface area contributed by atoms with Gasteiger partial charge >= 0.3 is 0 Å². The van der Waals surface area contributed by atoms with E-state index in [2.05, 4.69) is 14.9 Å². The Morgan fingerprint density at radius 2 is 1.62 bits per heavy atom. The highest BCUT2D eigenvalue weighted by atomic mass is 32.2. The van der Waals surface area contributed by atoms with Crippen LogP contribution in [-0.2, 0) is 14.8 Å². The van der Waals surface area contributed by atoms with Crippen molar-refractivity contribution in [3.05, 3.63) is 54.1 Å². The zero-order valence-electron chi connectivity index (χ0n) is 19.8. The van der Waals surface area contributed by atoms with Gasteiger partial charge in [-0.1, -0.05) is 6.92 Å². The van der Waals surface area contributed by atoms with E-state index in [0.29, 0.717) is 36.5 Å². The van der Waals surface area contributed by atoms with Gasteiger partial charge in [0.1, 0.15) is 5.75 Å². The molecule has 2 amide bonds. The van der Waals surface area contributed by atoms with E-state index in [0.717, 1.165) is 13.1 Å². The van der Waals surface area contributed by atoms with Crippen molar-refractivity contribution in [1.29, 1.82) is 0 Å². The Balaban J connectivity index is 1.49. The molecule has 2 N–H and O–H groups in total. The maximum atomic E-state index is 12.6. The average molecular weight is 489 g/mol. The van der Waals surface area contributed by atoms with E-state index < -0.39 is 10.0 Å².